The first kappa shape index (κ1) is 11.2. The second kappa shape index (κ2) is 4.29. The molecule has 0 atom stereocenters. The van der Waals surface area contributed by atoms with Crippen LogP contribution in [0.4, 0.5) is 5.69 Å². The van der Waals surface area contributed by atoms with Crippen molar-refractivity contribution < 1.29 is 9.90 Å². The number of aromatic carboxylic acids is 1. The van der Waals surface area contributed by atoms with E-state index in [9.17, 15) is 4.79 Å². The first-order valence-corrected chi connectivity index (χ1v) is 5.27. The van der Waals surface area contributed by atoms with Gasteiger partial charge in [0.1, 0.15) is 0 Å². The Morgan fingerprint density at radius 3 is 2.53 bits per heavy atom. The van der Waals surface area contributed by atoms with E-state index in [2.05, 4.69) is 0 Å². The molecule has 0 aliphatic rings. The Balaban J connectivity index is 2.56. The Morgan fingerprint density at radius 2 is 1.88 bits per heavy atom. The molecule has 0 unspecified atom stereocenters. The lowest BCUT2D eigenvalue weighted by atomic mass is 10.0. The van der Waals surface area contributed by atoms with Crippen molar-refractivity contribution in [3.63, 3.8) is 0 Å². The molecule has 0 fully saturated rings. The van der Waals surface area contributed by atoms with Crippen molar-refractivity contribution in [2.45, 2.75) is 6.92 Å². The smallest absolute Gasteiger partial charge is 0.335 e. The minimum Gasteiger partial charge on any atom is -0.478 e. The molecular weight excluding hydrogens is 214 g/mol. The van der Waals surface area contributed by atoms with Crippen LogP contribution in [-0.4, -0.2) is 11.1 Å². The zero-order valence-electron chi connectivity index (χ0n) is 9.47. The average molecular weight is 227 g/mol. The number of carboxylic acids is 1. The maximum absolute atomic E-state index is 10.9. The molecule has 0 aromatic heterocycles. The number of carboxylic acid groups (broad SMARTS) is 1. The molecule has 86 valence electrons. The van der Waals surface area contributed by atoms with Gasteiger partial charge in [0.2, 0.25) is 0 Å². The fraction of sp³-hybridized carbons (Fsp3) is 0.0714. The highest BCUT2D eigenvalue weighted by molar-refractivity contribution is 5.91. The molecule has 0 aliphatic heterocycles. The molecule has 2 rings (SSSR count). The summed E-state index contributed by atoms with van der Waals surface area (Å²) < 4.78 is 0. The molecule has 3 heteroatoms. The zero-order valence-corrected chi connectivity index (χ0v) is 9.47. The highest BCUT2D eigenvalue weighted by Gasteiger charge is 2.07. The average Bonchev–Trinajstić information content (AvgIpc) is 2.28. The van der Waals surface area contributed by atoms with E-state index in [0.29, 0.717) is 5.69 Å². The normalized spacial score (nSPS) is 10.2. The maximum Gasteiger partial charge on any atom is 0.335 e. The number of nitrogens with two attached hydrogens (primary N) is 1. The zero-order chi connectivity index (χ0) is 12.4. The highest BCUT2D eigenvalue weighted by atomic mass is 16.4. The summed E-state index contributed by atoms with van der Waals surface area (Å²) in [6, 6.07) is 12.7. The second-order valence-electron chi connectivity index (χ2n) is 4.02. The molecule has 3 N–H and O–H groups in total. The number of hydrogen-bond donors (Lipinski definition) is 2. The van der Waals surface area contributed by atoms with Crippen LogP contribution in [0.15, 0.2) is 42.5 Å². The lowest BCUT2D eigenvalue weighted by molar-refractivity contribution is 0.0697. The first-order chi connectivity index (χ1) is 8.06. The van der Waals surface area contributed by atoms with Crippen molar-refractivity contribution >= 4 is 11.7 Å². The third-order valence-corrected chi connectivity index (χ3v) is 2.55. The largest absolute Gasteiger partial charge is 0.478 e. The van der Waals surface area contributed by atoms with Crippen LogP contribution >= 0.6 is 0 Å². The molecule has 0 bridgehead atoms. The van der Waals surface area contributed by atoms with E-state index < -0.39 is 5.97 Å². The van der Waals surface area contributed by atoms with Gasteiger partial charge in [-0.3, -0.25) is 0 Å². The SMILES string of the molecule is Cc1cccc(-c2cc(N)cc(C(=O)O)c2)c1. The van der Waals surface area contributed by atoms with Gasteiger partial charge in [0.25, 0.3) is 0 Å². The molecule has 0 spiro atoms. The monoisotopic (exact) mass is 227 g/mol. The predicted molar refractivity (Wildman–Crippen MR) is 68.0 cm³/mol. The number of benzene rings is 2. The number of nitrogen functional groups attached to an aromatic ring is 1. The highest BCUT2D eigenvalue weighted by Crippen LogP contribution is 2.24. The molecular formula is C14H13NO2. The number of rotatable bonds is 2. The molecule has 0 heterocycles. The van der Waals surface area contributed by atoms with Gasteiger partial charge in [0.15, 0.2) is 0 Å². The minimum atomic E-state index is -0.966. The van der Waals surface area contributed by atoms with E-state index in [0.717, 1.165) is 16.7 Å². The van der Waals surface area contributed by atoms with Crippen LogP contribution in [-0.2, 0) is 0 Å². The number of hydrogen-bond acceptors (Lipinski definition) is 2. The van der Waals surface area contributed by atoms with Crippen LogP contribution in [0.3, 0.4) is 0 Å². The molecule has 0 radical (unpaired) electrons. The van der Waals surface area contributed by atoms with Crippen LogP contribution in [0.1, 0.15) is 15.9 Å². The minimum absolute atomic E-state index is 0.210. The summed E-state index contributed by atoms with van der Waals surface area (Å²) in [5.41, 5.74) is 9.30. The summed E-state index contributed by atoms with van der Waals surface area (Å²) in [5, 5.41) is 8.98. The quantitative estimate of drug-likeness (QED) is 0.775. The Hall–Kier alpha value is -2.29. The standard InChI is InChI=1S/C14H13NO2/c1-9-3-2-4-10(5-9)11-6-12(14(16)17)8-13(15)7-11/h2-8H,15H2,1H3,(H,16,17). The van der Waals surface area contributed by atoms with Crippen LogP contribution in [0, 0.1) is 6.92 Å². The van der Waals surface area contributed by atoms with Gasteiger partial charge in [-0.05, 0) is 36.2 Å². The van der Waals surface area contributed by atoms with Gasteiger partial charge in [0, 0.05) is 5.69 Å². The molecule has 0 aliphatic carbocycles. The fourth-order valence-corrected chi connectivity index (χ4v) is 1.77. The Bertz CT molecular complexity index is 576. The third kappa shape index (κ3) is 2.45. The van der Waals surface area contributed by atoms with E-state index in [4.69, 9.17) is 10.8 Å². The number of anilines is 1. The molecule has 0 saturated heterocycles. The third-order valence-electron chi connectivity index (χ3n) is 2.55. The van der Waals surface area contributed by atoms with Crippen molar-refractivity contribution in [2.75, 3.05) is 5.73 Å². The summed E-state index contributed by atoms with van der Waals surface area (Å²) in [4.78, 5) is 10.9. The summed E-state index contributed by atoms with van der Waals surface area (Å²) in [5.74, 6) is -0.966. The lowest BCUT2D eigenvalue weighted by Gasteiger charge is -2.06. The Morgan fingerprint density at radius 1 is 1.12 bits per heavy atom. The number of carbonyl (C=O) groups is 1. The van der Waals surface area contributed by atoms with E-state index in [1.807, 2.05) is 31.2 Å². The Labute approximate surface area is 99.5 Å². The molecule has 0 saturated carbocycles. The van der Waals surface area contributed by atoms with Gasteiger partial charge in [0.05, 0.1) is 5.56 Å². The maximum atomic E-state index is 10.9. The van der Waals surface area contributed by atoms with Crippen molar-refractivity contribution in [2.24, 2.45) is 0 Å². The van der Waals surface area contributed by atoms with E-state index >= 15 is 0 Å². The van der Waals surface area contributed by atoms with Crippen LogP contribution in [0.5, 0.6) is 0 Å². The van der Waals surface area contributed by atoms with Crippen molar-refractivity contribution in [3.8, 4) is 11.1 Å². The van der Waals surface area contributed by atoms with Crippen LogP contribution in [0.2, 0.25) is 0 Å². The fourth-order valence-electron chi connectivity index (χ4n) is 1.77. The van der Waals surface area contributed by atoms with Gasteiger partial charge in [-0.25, -0.2) is 4.79 Å². The number of aryl methyl sites for hydroxylation is 1. The van der Waals surface area contributed by atoms with Crippen LogP contribution < -0.4 is 5.73 Å². The van der Waals surface area contributed by atoms with Gasteiger partial charge < -0.3 is 10.8 Å². The summed E-state index contributed by atoms with van der Waals surface area (Å²) in [6.45, 7) is 1.99. The topological polar surface area (TPSA) is 63.3 Å². The second-order valence-corrected chi connectivity index (χ2v) is 4.02. The summed E-state index contributed by atoms with van der Waals surface area (Å²) in [7, 11) is 0. The molecule has 2 aromatic carbocycles. The van der Waals surface area contributed by atoms with Crippen molar-refractivity contribution in [1.29, 1.82) is 0 Å². The molecule has 0 amide bonds. The lowest BCUT2D eigenvalue weighted by Crippen LogP contribution is -1.98. The van der Waals surface area contributed by atoms with E-state index in [1.165, 1.54) is 6.07 Å². The van der Waals surface area contributed by atoms with E-state index in [1.54, 1.807) is 12.1 Å². The predicted octanol–water partition coefficient (Wildman–Crippen LogP) is 2.94. The van der Waals surface area contributed by atoms with Crippen molar-refractivity contribution in [3.05, 3.63) is 53.6 Å². The van der Waals surface area contributed by atoms with Gasteiger partial charge >= 0.3 is 5.97 Å². The van der Waals surface area contributed by atoms with Crippen molar-refractivity contribution in [1.82, 2.24) is 0 Å². The first-order valence-electron chi connectivity index (χ1n) is 5.27. The molecule has 17 heavy (non-hydrogen) atoms. The van der Waals surface area contributed by atoms with Gasteiger partial charge in [-0.15, -0.1) is 0 Å². The summed E-state index contributed by atoms with van der Waals surface area (Å²) in [6.07, 6.45) is 0. The van der Waals surface area contributed by atoms with Gasteiger partial charge in [-0.2, -0.15) is 0 Å². The summed E-state index contributed by atoms with van der Waals surface area (Å²) >= 11 is 0. The molecule has 2 aromatic rings. The van der Waals surface area contributed by atoms with E-state index in [-0.39, 0.29) is 5.56 Å². The van der Waals surface area contributed by atoms with Gasteiger partial charge in [-0.1, -0.05) is 29.8 Å². The molecule has 3 nitrogen and oxygen atoms in total. The Kier molecular flexibility index (Phi) is 2.83. The van der Waals surface area contributed by atoms with Crippen LogP contribution in [0.25, 0.3) is 11.1 Å².